The molecule has 7 nitrogen and oxygen atoms in total. The molecule has 1 N–H and O–H groups in total. The Labute approximate surface area is 180 Å². The number of amides is 1. The first-order valence-electron chi connectivity index (χ1n) is 9.99. The summed E-state index contributed by atoms with van der Waals surface area (Å²) < 4.78 is 7.56. The van der Waals surface area contributed by atoms with Gasteiger partial charge in [0.1, 0.15) is 0 Å². The lowest BCUT2D eigenvalue weighted by atomic mass is 10.2. The normalized spacial score (nSPS) is 14.0. The maximum Gasteiger partial charge on any atom is 0.234 e. The van der Waals surface area contributed by atoms with Gasteiger partial charge in [0, 0.05) is 18.8 Å². The minimum atomic E-state index is -0.0588. The Kier molecular flexibility index (Phi) is 6.66. The van der Waals surface area contributed by atoms with Crippen molar-refractivity contribution in [3.63, 3.8) is 0 Å². The molecule has 0 spiro atoms. The summed E-state index contributed by atoms with van der Waals surface area (Å²) in [4.78, 5) is 14.7. The van der Waals surface area contributed by atoms with Crippen LogP contribution in [0.3, 0.4) is 0 Å². The van der Waals surface area contributed by atoms with Crippen LogP contribution in [0.25, 0.3) is 0 Å². The number of nitrogens with zero attached hydrogens (tertiary/aromatic N) is 4. The average molecular weight is 424 g/mol. The minimum absolute atomic E-state index is 0.0588. The number of aryl methyl sites for hydroxylation is 1. The van der Waals surface area contributed by atoms with Gasteiger partial charge in [-0.05, 0) is 24.1 Å². The van der Waals surface area contributed by atoms with Gasteiger partial charge in [-0.1, -0.05) is 60.3 Å². The van der Waals surface area contributed by atoms with E-state index in [0.29, 0.717) is 19.8 Å². The topological polar surface area (TPSA) is 72.3 Å². The molecule has 2 heterocycles. The molecular formula is C22H25N5O2S. The molecule has 8 heteroatoms. The van der Waals surface area contributed by atoms with E-state index in [4.69, 9.17) is 4.74 Å². The molecule has 0 radical (unpaired) electrons. The van der Waals surface area contributed by atoms with E-state index in [2.05, 4.69) is 37.1 Å². The molecule has 0 saturated carbocycles. The third-order valence-corrected chi connectivity index (χ3v) is 5.89. The maximum absolute atomic E-state index is 12.5. The molecule has 2 aromatic carbocycles. The monoisotopic (exact) mass is 423 g/mol. The molecule has 1 saturated heterocycles. The third-order valence-electron chi connectivity index (χ3n) is 4.93. The number of rotatable bonds is 7. The minimum Gasteiger partial charge on any atom is -0.378 e. The number of para-hydroxylation sites is 1. The number of thioether (sulfide) groups is 1. The van der Waals surface area contributed by atoms with E-state index >= 15 is 0 Å². The second-order valence-electron chi connectivity index (χ2n) is 7.11. The van der Waals surface area contributed by atoms with Crippen LogP contribution in [0.1, 0.15) is 11.1 Å². The van der Waals surface area contributed by atoms with Gasteiger partial charge in [-0.2, -0.15) is 0 Å². The highest BCUT2D eigenvalue weighted by molar-refractivity contribution is 7.99. The number of nitrogens with one attached hydrogen (secondary N) is 1. The molecule has 1 aliphatic heterocycles. The molecular weight excluding hydrogens is 398 g/mol. The summed E-state index contributed by atoms with van der Waals surface area (Å²) >= 11 is 1.40. The molecule has 1 aliphatic rings. The number of aromatic nitrogens is 3. The van der Waals surface area contributed by atoms with Crippen molar-refractivity contribution in [3.8, 4) is 0 Å². The standard InChI is InChI=1S/C22H25N5O2S/c1-17-7-5-6-10-19(17)23-20(28)16-30-22-25-24-21(26-11-13-29-14-12-26)27(22)15-18-8-3-2-4-9-18/h2-10H,11-16H2,1H3,(H,23,28). The van der Waals surface area contributed by atoms with E-state index in [1.54, 1.807) is 0 Å². The Morgan fingerprint density at radius 1 is 1.07 bits per heavy atom. The summed E-state index contributed by atoms with van der Waals surface area (Å²) in [5.74, 6) is 1.03. The predicted octanol–water partition coefficient (Wildman–Crippen LogP) is 3.20. The molecule has 1 amide bonds. The van der Waals surface area contributed by atoms with Crippen LogP contribution in [-0.4, -0.2) is 52.7 Å². The molecule has 156 valence electrons. The van der Waals surface area contributed by atoms with E-state index in [0.717, 1.165) is 41.0 Å². The van der Waals surface area contributed by atoms with Crippen molar-refractivity contribution in [2.75, 3.05) is 42.3 Å². The van der Waals surface area contributed by atoms with Crippen molar-refractivity contribution < 1.29 is 9.53 Å². The van der Waals surface area contributed by atoms with Crippen LogP contribution in [0.15, 0.2) is 59.8 Å². The maximum atomic E-state index is 12.5. The summed E-state index contributed by atoms with van der Waals surface area (Å²) in [5, 5.41) is 12.6. The zero-order chi connectivity index (χ0) is 20.8. The number of hydrogen-bond donors (Lipinski definition) is 1. The van der Waals surface area contributed by atoms with Crippen molar-refractivity contribution >= 4 is 29.3 Å². The molecule has 1 fully saturated rings. The van der Waals surface area contributed by atoms with Crippen LogP contribution in [-0.2, 0) is 16.1 Å². The van der Waals surface area contributed by atoms with E-state index in [-0.39, 0.29) is 11.7 Å². The lowest BCUT2D eigenvalue weighted by Gasteiger charge is -2.28. The van der Waals surface area contributed by atoms with Crippen LogP contribution in [0.5, 0.6) is 0 Å². The van der Waals surface area contributed by atoms with E-state index < -0.39 is 0 Å². The first-order chi connectivity index (χ1) is 14.7. The van der Waals surface area contributed by atoms with Gasteiger partial charge in [0.15, 0.2) is 5.16 Å². The van der Waals surface area contributed by atoms with Crippen LogP contribution >= 0.6 is 11.8 Å². The highest BCUT2D eigenvalue weighted by atomic mass is 32.2. The smallest absolute Gasteiger partial charge is 0.234 e. The number of anilines is 2. The van der Waals surface area contributed by atoms with Gasteiger partial charge < -0.3 is 15.0 Å². The van der Waals surface area contributed by atoms with Gasteiger partial charge in [0.2, 0.25) is 11.9 Å². The first kappa shape index (κ1) is 20.4. The van der Waals surface area contributed by atoms with Crippen LogP contribution in [0.2, 0.25) is 0 Å². The summed E-state index contributed by atoms with van der Waals surface area (Å²) in [6, 6.07) is 18.0. The largest absolute Gasteiger partial charge is 0.378 e. The van der Waals surface area contributed by atoms with E-state index in [1.807, 2.05) is 49.4 Å². The van der Waals surface area contributed by atoms with Crippen molar-refractivity contribution in [2.45, 2.75) is 18.6 Å². The van der Waals surface area contributed by atoms with Crippen molar-refractivity contribution in [3.05, 3.63) is 65.7 Å². The Morgan fingerprint density at radius 2 is 1.80 bits per heavy atom. The quantitative estimate of drug-likeness (QED) is 0.589. The first-order valence-corrected chi connectivity index (χ1v) is 11.0. The van der Waals surface area contributed by atoms with Crippen LogP contribution < -0.4 is 10.2 Å². The molecule has 0 unspecified atom stereocenters. The molecule has 30 heavy (non-hydrogen) atoms. The summed E-state index contributed by atoms with van der Waals surface area (Å²) in [7, 11) is 0. The summed E-state index contributed by atoms with van der Waals surface area (Å²) in [6.07, 6.45) is 0. The fraction of sp³-hybridized carbons (Fsp3) is 0.318. The Morgan fingerprint density at radius 3 is 2.57 bits per heavy atom. The van der Waals surface area contributed by atoms with Crippen molar-refractivity contribution in [2.24, 2.45) is 0 Å². The summed E-state index contributed by atoms with van der Waals surface area (Å²) in [5.41, 5.74) is 3.04. The lowest BCUT2D eigenvalue weighted by Crippen LogP contribution is -2.38. The van der Waals surface area contributed by atoms with Gasteiger partial charge in [0.05, 0.1) is 25.5 Å². The van der Waals surface area contributed by atoms with Gasteiger partial charge in [-0.25, -0.2) is 0 Å². The van der Waals surface area contributed by atoms with Gasteiger partial charge >= 0.3 is 0 Å². The predicted molar refractivity (Wildman–Crippen MR) is 119 cm³/mol. The van der Waals surface area contributed by atoms with Crippen molar-refractivity contribution in [1.82, 2.24) is 14.8 Å². The molecule has 3 aromatic rings. The third kappa shape index (κ3) is 5.01. The molecule has 0 aliphatic carbocycles. The van der Waals surface area contributed by atoms with Gasteiger partial charge in [-0.3, -0.25) is 9.36 Å². The Hall–Kier alpha value is -2.84. The highest BCUT2D eigenvalue weighted by Crippen LogP contribution is 2.24. The Balaban J connectivity index is 1.49. The number of carbonyl (C=O) groups is 1. The lowest BCUT2D eigenvalue weighted by molar-refractivity contribution is -0.113. The molecule has 0 bridgehead atoms. The van der Waals surface area contributed by atoms with Crippen molar-refractivity contribution in [1.29, 1.82) is 0 Å². The highest BCUT2D eigenvalue weighted by Gasteiger charge is 2.21. The van der Waals surface area contributed by atoms with E-state index in [1.165, 1.54) is 11.8 Å². The zero-order valence-corrected chi connectivity index (χ0v) is 17.8. The fourth-order valence-electron chi connectivity index (χ4n) is 3.32. The number of morpholine rings is 1. The Bertz CT molecular complexity index is 986. The number of hydrogen-bond acceptors (Lipinski definition) is 6. The molecule has 4 rings (SSSR count). The molecule has 0 atom stereocenters. The number of carbonyl (C=O) groups excluding carboxylic acids is 1. The second kappa shape index (κ2) is 9.77. The van der Waals surface area contributed by atoms with Crippen LogP contribution in [0.4, 0.5) is 11.6 Å². The van der Waals surface area contributed by atoms with Gasteiger partial charge in [0.25, 0.3) is 0 Å². The van der Waals surface area contributed by atoms with Crippen LogP contribution in [0, 0.1) is 6.92 Å². The SMILES string of the molecule is Cc1ccccc1NC(=O)CSc1nnc(N2CCOCC2)n1Cc1ccccc1. The van der Waals surface area contributed by atoms with Gasteiger partial charge in [-0.15, -0.1) is 10.2 Å². The fourth-order valence-corrected chi connectivity index (χ4v) is 4.05. The van der Waals surface area contributed by atoms with E-state index in [9.17, 15) is 4.79 Å². The number of benzene rings is 2. The number of ether oxygens (including phenoxy) is 1. The molecule has 1 aromatic heterocycles. The summed E-state index contributed by atoms with van der Waals surface area (Å²) in [6.45, 7) is 5.56. The second-order valence-corrected chi connectivity index (χ2v) is 8.05. The zero-order valence-electron chi connectivity index (χ0n) is 17.0. The average Bonchev–Trinajstić information content (AvgIpc) is 3.17.